The summed E-state index contributed by atoms with van der Waals surface area (Å²) in [5.74, 6) is 1.44. The van der Waals surface area contributed by atoms with Crippen LogP contribution in [0, 0.1) is 6.92 Å². The highest BCUT2D eigenvalue weighted by molar-refractivity contribution is 5.92. The molecule has 3 rings (SSSR count). The maximum atomic E-state index is 12.6. The first-order chi connectivity index (χ1) is 10.6. The molecular weight excluding hydrogens is 312 g/mol. The number of likely N-dealkylation sites (tertiary alicyclic amines) is 1. The lowest BCUT2D eigenvalue weighted by Crippen LogP contribution is -2.32. The first kappa shape index (κ1) is 17.6. The quantitative estimate of drug-likeness (QED) is 0.938. The average Bonchev–Trinajstić information content (AvgIpc) is 3.10. The van der Waals surface area contributed by atoms with Crippen LogP contribution in [-0.2, 0) is 6.42 Å². The van der Waals surface area contributed by atoms with Gasteiger partial charge >= 0.3 is 0 Å². The first-order valence-electron chi connectivity index (χ1n) is 7.79. The minimum Gasteiger partial charge on any atom is -0.456 e. The van der Waals surface area contributed by atoms with Crippen molar-refractivity contribution >= 4 is 18.3 Å². The van der Waals surface area contributed by atoms with Crippen molar-refractivity contribution in [3.63, 3.8) is 0 Å². The molecule has 1 saturated heterocycles. The molecule has 0 radical (unpaired) electrons. The van der Waals surface area contributed by atoms with Crippen LogP contribution in [-0.4, -0.2) is 29.9 Å². The highest BCUT2D eigenvalue weighted by Gasteiger charge is 2.35. The molecule has 23 heavy (non-hydrogen) atoms. The zero-order valence-corrected chi connectivity index (χ0v) is 14.3. The molecule has 0 unspecified atom stereocenters. The number of hydrogen-bond acceptors (Lipinski definition) is 3. The molecule has 1 aliphatic rings. The van der Waals surface area contributed by atoms with Crippen molar-refractivity contribution < 1.29 is 9.21 Å². The maximum absolute atomic E-state index is 12.6. The Kier molecular flexibility index (Phi) is 5.50. The number of aryl methyl sites for hydroxylation is 2. The van der Waals surface area contributed by atoms with Gasteiger partial charge in [0.1, 0.15) is 5.76 Å². The van der Waals surface area contributed by atoms with E-state index in [0.717, 1.165) is 17.7 Å². The highest BCUT2D eigenvalue weighted by Crippen LogP contribution is 2.28. The highest BCUT2D eigenvalue weighted by atomic mass is 35.5. The number of nitrogens with zero attached hydrogens (tertiary/aromatic N) is 1. The van der Waals surface area contributed by atoms with Crippen LogP contribution < -0.4 is 5.73 Å². The van der Waals surface area contributed by atoms with E-state index >= 15 is 0 Å². The summed E-state index contributed by atoms with van der Waals surface area (Å²) in [5.41, 5.74) is 8.48. The van der Waals surface area contributed by atoms with Gasteiger partial charge in [-0.2, -0.15) is 0 Å². The number of carbonyl (C=O) groups is 1. The van der Waals surface area contributed by atoms with Gasteiger partial charge in [0.05, 0.1) is 0 Å². The molecule has 124 valence electrons. The molecule has 5 heteroatoms. The molecule has 1 amide bonds. The lowest BCUT2D eigenvalue weighted by Gasteiger charge is -2.15. The second-order valence-electron chi connectivity index (χ2n) is 5.96. The van der Waals surface area contributed by atoms with Crippen LogP contribution in [0.5, 0.6) is 0 Å². The predicted molar refractivity (Wildman–Crippen MR) is 93.1 cm³/mol. The Bertz CT molecular complexity index is 669. The van der Waals surface area contributed by atoms with Crippen molar-refractivity contribution in [2.45, 2.75) is 32.2 Å². The predicted octanol–water partition coefficient (Wildman–Crippen LogP) is 3.14. The number of furan rings is 1. The van der Waals surface area contributed by atoms with Gasteiger partial charge in [-0.15, -0.1) is 12.4 Å². The van der Waals surface area contributed by atoms with Crippen LogP contribution in [0.25, 0.3) is 0 Å². The van der Waals surface area contributed by atoms with Crippen LogP contribution in [0.3, 0.4) is 0 Å². The van der Waals surface area contributed by atoms with Crippen LogP contribution in [0.2, 0.25) is 0 Å². The van der Waals surface area contributed by atoms with Gasteiger partial charge in [0.15, 0.2) is 5.76 Å². The molecule has 1 aliphatic heterocycles. The lowest BCUT2D eigenvalue weighted by molar-refractivity contribution is 0.0756. The zero-order chi connectivity index (χ0) is 15.7. The molecule has 0 spiro atoms. The van der Waals surface area contributed by atoms with Crippen molar-refractivity contribution in [2.75, 3.05) is 13.1 Å². The Balaban J connectivity index is 0.00000192. The SMILES string of the molecule is CCc1oc(C(=O)N2C[C@@H](N)[C@H](c3ccccc3)C2)cc1C.Cl. The molecule has 2 heterocycles. The molecule has 1 aromatic carbocycles. The van der Waals surface area contributed by atoms with Gasteiger partial charge in [-0.1, -0.05) is 37.3 Å². The molecular formula is C18H23ClN2O2. The van der Waals surface area contributed by atoms with Crippen LogP contribution in [0.15, 0.2) is 40.8 Å². The average molecular weight is 335 g/mol. The van der Waals surface area contributed by atoms with E-state index in [1.165, 1.54) is 5.56 Å². The summed E-state index contributed by atoms with van der Waals surface area (Å²) in [5, 5.41) is 0. The molecule has 1 aromatic heterocycles. The van der Waals surface area contributed by atoms with E-state index in [1.54, 1.807) is 4.90 Å². The van der Waals surface area contributed by atoms with Crippen LogP contribution in [0.1, 0.15) is 40.3 Å². The summed E-state index contributed by atoms with van der Waals surface area (Å²) in [4.78, 5) is 14.4. The minimum atomic E-state index is -0.0586. The smallest absolute Gasteiger partial charge is 0.289 e. The van der Waals surface area contributed by atoms with Crippen molar-refractivity contribution in [2.24, 2.45) is 5.73 Å². The monoisotopic (exact) mass is 334 g/mol. The molecule has 2 atom stereocenters. The fraction of sp³-hybridized carbons (Fsp3) is 0.389. The number of carbonyl (C=O) groups excluding carboxylic acids is 1. The third-order valence-electron chi connectivity index (χ3n) is 4.43. The molecule has 0 aliphatic carbocycles. The Hall–Kier alpha value is -1.78. The summed E-state index contributed by atoms with van der Waals surface area (Å²) in [7, 11) is 0. The summed E-state index contributed by atoms with van der Waals surface area (Å²) >= 11 is 0. The molecule has 1 fully saturated rings. The van der Waals surface area contributed by atoms with E-state index in [4.69, 9.17) is 10.2 Å². The van der Waals surface area contributed by atoms with Crippen LogP contribution in [0.4, 0.5) is 0 Å². The second-order valence-corrected chi connectivity index (χ2v) is 5.96. The molecule has 2 N–H and O–H groups in total. The molecule has 0 bridgehead atoms. The van der Waals surface area contributed by atoms with Gasteiger partial charge in [0, 0.05) is 31.5 Å². The standard InChI is InChI=1S/C18H22N2O2.ClH/c1-3-16-12(2)9-17(22-16)18(21)20-10-14(15(19)11-20)13-7-5-4-6-8-13;/h4-9,14-15H,3,10-11,19H2,1-2H3;1H/t14-,15+;/m0./s1. The van der Waals surface area contributed by atoms with E-state index in [-0.39, 0.29) is 30.3 Å². The number of halogens is 1. The zero-order valence-electron chi connectivity index (χ0n) is 13.5. The number of nitrogens with two attached hydrogens (primary N) is 1. The van der Waals surface area contributed by atoms with Crippen molar-refractivity contribution in [1.82, 2.24) is 4.90 Å². The number of hydrogen-bond donors (Lipinski definition) is 1. The van der Waals surface area contributed by atoms with Gasteiger partial charge in [0.25, 0.3) is 5.91 Å². The van der Waals surface area contributed by atoms with Gasteiger partial charge in [0.2, 0.25) is 0 Å². The van der Waals surface area contributed by atoms with E-state index in [1.807, 2.05) is 38.1 Å². The molecule has 4 nitrogen and oxygen atoms in total. The van der Waals surface area contributed by atoms with Gasteiger partial charge in [-0.25, -0.2) is 0 Å². The van der Waals surface area contributed by atoms with Crippen molar-refractivity contribution in [1.29, 1.82) is 0 Å². The van der Waals surface area contributed by atoms with E-state index in [0.29, 0.717) is 18.8 Å². The molecule has 2 aromatic rings. The van der Waals surface area contributed by atoms with Gasteiger partial charge < -0.3 is 15.1 Å². The fourth-order valence-corrected chi connectivity index (χ4v) is 3.18. The Morgan fingerprint density at radius 1 is 1.30 bits per heavy atom. The van der Waals surface area contributed by atoms with E-state index in [2.05, 4.69) is 12.1 Å². The number of benzene rings is 1. The summed E-state index contributed by atoms with van der Waals surface area (Å²) < 4.78 is 5.68. The van der Waals surface area contributed by atoms with Crippen molar-refractivity contribution in [3.8, 4) is 0 Å². The van der Waals surface area contributed by atoms with Gasteiger partial charge in [-0.3, -0.25) is 4.79 Å². The third-order valence-corrected chi connectivity index (χ3v) is 4.43. The third kappa shape index (κ3) is 3.43. The minimum absolute atomic E-state index is 0. The van der Waals surface area contributed by atoms with Crippen molar-refractivity contribution in [3.05, 3.63) is 59.0 Å². The number of rotatable bonds is 3. The summed E-state index contributed by atoms with van der Waals surface area (Å²) in [6.07, 6.45) is 0.797. The fourth-order valence-electron chi connectivity index (χ4n) is 3.18. The van der Waals surface area contributed by atoms with E-state index < -0.39 is 0 Å². The summed E-state index contributed by atoms with van der Waals surface area (Å²) in [6.45, 7) is 5.21. The molecule has 0 saturated carbocycles. The number of amides is 1. The normalized spacial score (nSPS) is 20.4. The Morgan fingerprint density at radius 2 is 2.00 bits per heavy atom. The Morgan fingerprint density at radius 3 is 2.61 bits per heavy atom. The van der Waals surface area contributed by atoms with Crippen LogP contribution >= 0.6 is 12.4 Å². The first-order valence-corrected chi connectivity index (χ1v) is 7.79. The topological polar surface area (TPSA) is 59.5 Å². The Labute approximate surface area is 143 Å². The maximum Gasteiger partial charge on any atom is 0.289 e. The second kappa shape index (κ2) is 7.20. The van der Waals surface area contributed by atoms with E-state index in [9.17, 15) is 4.79 Å². The largest absolute Gasteiger partial charge is 0.456 e. The summed E-state index contributed by atoms with van der Waals surface area (Å²) in [6, 6.07) is 12.0. The van der Waals surface area contributed by atoms with Gasteiger partial charge in [-0.05, 0) is 24.1 Å². The lowest BCUT2D eigenvalue weighted by atomic mass is 9.95.